The average Bonchev–Trinajstić information content (AvgIpc) is 2.66. The lowest BCUT2D eigenvalue weighted by atomic mass is 9.83. The van der Waals surface area contributed by atoms with Crippen LogP contribution in [0.4, 0.5) is 5.69 Å². The largest absolute Gasteiger partial charge is 0.369 e. The molecule has 0 saturated heterocycles. The zero-order chi connectivity index (χ0) is 15.1. The van der Waals surface area contributed by atoms with Gasteiger partial charge < -0.3 is 10.6 Å². The molecule has 0 aromatic heterocycles. The normalized spacial score (nSPS) is 28.5. The highest BCUT2D eigenvalue weighted by atomic mass is 79.9. The summed E-state index contributed by atoms with van der Waals surface area (Å²) in [5.74, 6) is 0.668. The molecule has 1 saturated carbocycles. The number of halogens is 1. The Labute approximate surface area is 135 Å². The molecule has 3 rings (SSSR count). The molecule has 0 bridgehead atoms. The smallest absolute Gasteiger partial charge is 0.196 e. The Morgan fingerprint density at radius 3 is 2.67 bits per heavy atom. The van der Waals surface area contributed by atoms with Crippen molar-refractivity contribution in [3.05, 3.63) is 28.7 Å². The molecule has 1 aliphatic carbocycles. The maximum absolute atomic E-state index is 6.26. The molecule has 1 fully saturated rings. The minimum Gasteiger partial charge on any atom is -0.369 e. The van der Waals surface area contributed by atoms with Crippen LogP contribution in [0.2, 0.25) is 0 Å². The van der Waals surface area contributed by atoms with E-state index in [1.807, 2.05) is 6.07 Å². The summed E-state index contributed by atoms with van der Waals surface area (Å²) in [6.07, 6.45) is 6.10. The number of guanidine groups is 1. The molecule has 4 heteroatoms. The van der Waals surface area contributed by atoms with E-state index in [9.17, 15) is 0 Å². The number of rotatable bonds is 1. The molecule has 1 aromatic rings. The van der Waals surface area contributed by atoms with Crippen molar-refractivity contribution >= 4 is 27.6 Å². The van der Waals surface area contributed by atoms with Crippen molar-refractivity contribution in [3.8, 4) is 0 Å². The van der Waals surface area contributed by atoms with Gasteiger partial charge >= 0.3 is 0 Å². The number of benzene rings is 1. The molecule has 1 atom stereocenters. The fraction of sp³-hybridized carbons (Fsp3) is 0.588. The fourth-order valence-electron chi connectivity index (χ4n) is 3.72. The number of anilines is 1. The first-order valence-electron chi connectivity index (χ1n) is 7.78. The summed E-state index contributed by atoms with van der Waals surface area (Å²) in [4.78, 5) is 6.89. The van der Waals surface area contributed by atoms with Crippen LogP contribution in [0.5, 0.6) is 0 Å². The lowest BCUT2D eigenvalue weighted by molar-refractivity contribution is 0.302. The van der Waals surface area contributed by atoms with Crippen LogP contribution in [-0.2, 0) is 0 Å². The third-order valence-electron chi connectivity index (χ3n) is 5.09. The van der Waals surface area contributed by atoms with Crippen molar-refractivity contribution in [2.75, 3.05) is 11.4 Å². The highest BCUT2D eigenvalue weighted by Gasteiger charge is 2.45. The van der Waals surface area contributed by atoms with Crippen LogP contribution in [-0.4, -0.2) is 18.0 Å². The molecule has 114 valence electrons. The maximum atomic E-state index is 6.26. The highest BCUT2D eigenvalue weighted by molar-refractivity contribution is 9.10. The lowest BCUT2D eigenvalue weighted by Crippen LogP contribution is -2.52. The van der Waals surface area contributed by atoms with Gasteiger partial charge in [-0.05, 0) is 59.2 Å². The summed E-state index contributed by atoms with van der Waals surface area (Å²) in [7, 11) is 0. The zero-order valence-electron chi connectivity index (χ0n) is 12.9. The SMILES string of the molecule is CC1(C)CCCC2(CC1)CN=C(N)N2c1ccccc1Br. The van der Waals surface area contributed by atoms with Gasteiger partial charge in [0, 0.05) is 4.47 Å². The van der Waals surface area contributed by atoms with E-state index < -0.39 is 0 Å². The first-order valence-corrected chi connectivity index (χ1v) is 8.58. The van der Waals surface area contributed by atoms with Crippen LogP contribution in [0.1, 0.15) is 46.0 Å². The number of hydrogen-bond donors (Lipinski definition) is 1. The second-order valence-electron chi connectivity index (χ2n) is 7.20. The van der Waals surface area contributed by atoms with Gasteiger partial charge in [-0.25, -0.2) is 0 Å². The van der Waals surface area contributed by atoms with Gasteiger partial charge in [0.1, 0.15) is 0 Å². The second-order valence-corrected chi connectivity index (χ2v) is 8.06. The Bertz CT molecular complexity index is 567. The Morgan fingerprint density at radius 2 is 1.90 bits per heavy atom. The average molecular weight is 350 g/mol. The van der Waals surface area contributed by atoms with Crippen molar-refractivity contribution in [3.63, 3.8) is 0 Å². The molecule has 2 N–H and O–H groups in total. The van der Waals surface area contributed by atoms with E-state index in [-0.39, 0.29) is 5.54 Å². The summed E-state index contributed by atoms with van der Waals surface area (Å²) >= 11 is 3.67. The molecule has 1 unspecified atom stereocenters. The third kappa shape index (κ3) is 2.70. The standard InChI is InChI=1S/C17H24BrN3/c1-16(2)8-5-9-17(11-10-16)12-20-15(19)21(17)14-7-4-3-6-13(14)18/h3-4,6-7H,5,8-12H2,1-2H3,(H2,19,20). The Balaban J connectivity index is 1.97. The van der Waals surface area contributed by atoms with E-state index >= 15 is 0 Å². The summed E-state index contributed by atoms with van der Waals surface area (Å²) in [6.45, 7) is 5.60. The minimum absolute atomic E-state index is 0.0712. The van der Waals surface area contributed by atoms with E-state index in [4.69, 9.17) is 5.73 Å². The van der Waals surface area contributed by atoms with E-state index in [0.717, 1.165) is 23.1 Å². The van der Waals surface area contributed by atoms with Crippen molar-refractivity contribution in [1.82, 2.24) is 0 Å². The molecule has 21 heavy (non-hydrogen) atoms. The van der Waals surface area contributed by atoms with Gasteiger partial charge in [0.2, 0.25) is 0 Å². The molecule has 1 heterocycles. The van der Waals surface area contributed by atoms with E-state index in [0.29, 0.717) is 11.4 Å². The molecule has 1 aliphatic heterocycles. The van der Waals surface area contributed by atoms with Gasteiger partial charge in [0.15, 0.2) is 5.96 Å². The number of nitrogens with two attached hydrogens (primary N) is 1. The van der Waals surface area contributed by atoms with Crippen LogP contribution in [0.15, 0.2) is 33.7 Å². The van der Waals surface area contributed by atoms with Crippen molar-refractivity contribution in [2.24, 2.45) is 16.1 Å². The maximum Gasteiger partial charge on any atom is 0.196 e. The van der Waals surface area contributed by atoms with Crippen molar-refractivity contribution in [1.29, 1.82) is 0 Å². The third-order valence-corrected chi connectivity index (χ3v) is 5.77. The topological polar surface area (TPSA) is 41.6 Å². The summed E-state index contributed by atoms with van der Waals surface area (Å²) < 4.78 is 1.09. The van der Waals surface area contributed by atoms with Crippen LogP contribution in [0.3, 0.4) is 0 Å². The van der Waals surface area contributed by atoms with Gasteiger partial charge in [0.25, 0.3) is 0 Å². The predicted molar refractivity (Wildman–Crippen MR) is 92.7 cm³/mol. The number of aliphatic imine (C=N–C) groups is 1. The second kappa shape index (κ2) is 5.31. The molecule has 0 radical (unpaired) electrons. The van der Waals surface area contributed by atoms with E-state index in [2.05, 4.69) is 57.9 Å². The molecular formula is C17H24BrN3. The monoisotopic (exact) mass is 349 g/mol. The molecular weight excluding hydrogens is 326 g/mol. The molecule has 1 aromatic carbocycles. The molecule has 1 spiro atoms. The summed E-state index contributed by atoms with van der Waals surface area (Å²) in [5.41, 5.74) is 7.91. The molecule has 0 amide bonds. The molecule has 3 nitrogen and oxygen atoms in total. The van der Waals surface area contributed by atoms with Crippen molar-refractivity contribution in [2.45, 2.75) is 51.5 Å². The van der Waals surface area contributed by atoms with E-state index in [1.165, 1.54) is 25.7 Å². The Hall–Kier alpha value is -1.03. The summed E-state index contributed by atoms with van der Waals surface area (Å²) in [5, 5.41) is 0. The van der Waals surface area contributed by atoms with Gasteiger partial charge in [0.05, 0.1) is 17.8 Å². The van der Waals surface area contributed by atoms with Crippen LogP contribution in [0, 0.1) is 5.41 Å². The minimum atomic E-state index is 0.0712. The molecule has 2 aliphatic rings. The van der Waals surface area contributed by atoms with Gasteiger partial charge in [-0.2, -0.15) is 0 Å². The zero-order valence-corrected chi connectivity index (χ0v) is 14.5. The number of para-hydroxylation sites is 1. The fourth-order valence-corrected chi connectivity index (χ4v) is 4.19. The predicted octanol–water partition coefficient (Wildman–Crippen LogP) is 4.31. The Morgan fingerprint density at radius 1 is 1.14 bits per heavy atom. The number of nitrogens with zero attached hydrogens (tertiary/aromatic N) is 2. The van der Waals surface area contributed by atoms with Gasteiger partial charge in [-0.15, -0.1) is 0 Å². The first kappa shape index (κ1) is 14.9. The van der Waals surface area contributed by atoms with Gasteiger partial charge in [-0.1, -0.05) is 32.4 Å². The summed E-state index contributed by atoms with van der Waals surface area (Å²) in [6, 6.07) is 8.32. The lowest BCUT2D eigenvalue weighted by Gasteiger charge is -2.39. The van der Waals surface area contributed by atoms with Crippen LogP contribution < -0.4 is 10.6 Å². The highest BCUT2D eigenvalue weighted by Crippen LogP contribution is 2.45. The van der Waals surface area contributed by atoms with Crippen molar-refractivity contribution < 1.29 is 0 Å². The van der Waals surface area contributed by atoms with Crippen LogP contribution >= 0.6 is 15.9 Å². The number of hydrogen-bond acceptors (Lipinski definition) is 3. The van der Waals surface area contributed by atoms with Gasteiger partial charge in [-0.3, -0.25) is 4.99 Å². The first-order chi connectivity index (χ1) is 9.94. The van der Waals surface area contributed by atoms with Crippen LogP contribution in [0.25, 0.3) is 0 Å². The Kier molecular flexibility index (Phi) is 3.76. The quantitative estimate of drug-likeness (QED) is 0.820. The van der Waals surface area contributed by atoms with E-state index in [1.54, 1.807) is 0 Å².